The zero-order chi connectivity index (χ0) is 16.8. The van der Waals surface area contributed by atoms with Crippen molar-refractivity contribution in [1.82, 2.24) is 10.3 Å². The summed E-state index contributed by atoms with van der Waals surface area (Å²) < 4.78 is 5.53. The Kier molecular flexibility index (Phi) is 6.13. The Morgan fingerprint density at radius 3 is 2.65 bits per heavy atom. The molecule has 23 heavy (non-hydrogen) atoms. The van der Waals surface area contributed by atoms with Crippen LogP contribution < -0.4 is 5.32 Å². The number of hydrogen-bond acceptors (Lipinski definition) is 3. The molecule has 4 nitrogen and oxygen atoms in total. The van der Waals surface area contributed by atoms with Crippen molar-refractivity contribution in [2.24, 2.45) is 0 Å². The van der Waals surface area contributed by atoms with Crippen molar-refractivity contribution in [3.8, 4) is 0 Å². The average Bonchev–Trinajstić information content (AvgIpc) is 2.52. The predicted molar refractivity (Wildman–Crippen MR) is 91.5 cm³/mol. The minimum Gasteiger partial charge on any atom is -0.375 e. The lowest BCUT2D eigenvalue weighted by Crippen LogP contribution is -2.38. The van der Waals surface area contributed by atoms with Crippen LogP contribution >= 0.6 is 11.6 Å². The molecule has 2 rings (SSSR count). The number of carbonyl (C=O) groups excluding carboxylic acids is 1. The minimum atomic E-state index is -0.302. The number of nitrogens with zero attached hydrogens (tertiary/aromatic N) is 1. The van der Waals surface area contributed by atoms with Gasteiger partial charge in [-0.15, -0.1) is 0 Å². The number of ether oxygens (including phenoxy) is 1. The van der Waals surface area contributed by atoms with Crippen molar-refractivity contribution in [3.05, 3.63) is 64.4 Å². The largest absolute Gasteiger partial charge is 0.375 e. The normalized spacial score (nSPS) is 13.4. The quantitative estimate of drug-likeness (QED) is 0.881. The fourth-order valence-corrected chi connectivity index (χ4v) is 2.72. The number of nitrogens with one attached hydrogen (secondary N) is 1. The van der Waals surface area contributed by atoms with E-state index in [0.29, 0.717) is 5.02 Å². The van der Waals surface area contributed by atoms with Gasteiger partial charge in [-0.05, 0) is 31.5 Å². The van der Waals surface area contributed by atoms with Crippen molar-refractivity contribution in [2.75, 3.05) is 7.11 Å². The summed E-state index contributed by atoms with van der Waals surface area (Å²) in [5.41, 5.74) is 2.68. The van der Waals surface area contributed by atoms with E-state index >= 15 is 0 Å². The summed E-state index contributed by atoms with van der Waals surface area (Å²) in [6.07, 6.45) is 1.71. The molecule has 1 heterocycles. The Balaban J connectivity index is 2.01. The highest BCUT2D eigenvalue weighted by molar-refractivity contribution is 6.31. The summed E-state index contributed by atoms with van der Waals surface area (Å²) >= 11 is 6.22. The van der Waals surface area contributed by atoms with E-state index in [1.165, 1.54) is 0 Å². The molecule has 1 aromatic heterocycles. The molecule has 1 amide bonds. The molecule has 5 heteroatoms. The van der Waals surface area contributed by atoms with Crippen LogP contribution in [0.2, 0.25) is 5.02 Å². The number of pyridine rings is 1. The summed E-state index contributed by atoms with van der Waals surface area (Å²) in [7, 11) is 1.61. The summed E-state index contributed by atoms with van der Waals surface area (Å²) in [4.78, 5) is 16.4. The number of carbonyl (C=O) groups is 1. The van der Waals surface area contributed by atoms with E-state index in [4.69, 9.17) is 16.3 Å². The van der Waals surface area contributed by atoms with E-state index in [1.807, 2.05) is 50.2 Å². The van der Waals surface area contributed by atoms with Crippen molar-refractivity contribution in [1.29, 1.82) is 0 Å². The highest BCUT2D eigenvalue weighted by Gasteiger charge is 2.22. The number of halogens is 1. The predicted octanol–water partition coefficient (Wildman–Crippen LogP) is 3.48. The molecule has 0 saturated carbocycles. The molecule has 1 N–H and O–H groups in total. The fourth-order valence-electron chi connectivity index (χ4n) is 2.48. The van der Waals surface area contributed by atoms with E-state index in [2.05, 4.69) is 10.3 Å². The van der Waals surface area contributed by atoms with Crippen LogP contribution in [0.25, 0.3) is 0 Å². The second kappa shape index (κ2) is 8.09. The van der Waals surface area contributed by atoms with Gasteiger partial charge in [0, 0.05) is 29.6 Å². The Bertz CT molecular complexity index is 658. The second-order valence-corrected chi connectivity index (χ2v) is 5.93. The average molecular weight is 333 g/mol. The third-order valence-electron chi connectivity index (χ3n) is 3.65. The summed E-state index contributed by atoms with van der Waals surface area (Å²) in [6, 6.07) is 11.1. The van der Waals surface area contributed by atoms with Crippen LogP contribution in [0.4, 0.5) is 0 Å². The zero-order valence-corrected chi connectivity index (χ0v) is 14.3. The summed E-state index contributed by atoms with van der Waals surface area (Å²) in [5, 5.41) is 3.60. The number of hydrogen-bond donors (Lipinski definition) is 1. The molecule has 2 aromatic rings. The summed E-state index contributed by atoms with van der Waals surface area (Å²) in [5.74, 6) is -0.0720. The molecule has 0 aliphatic carbocycles. The molecule has 2 atom stereocenters. The molecular weight excluding hydrogens is 312 g/mol. The first-order valence-electron chi connectivity index (χ1n) is 7.49. The van der Waals surface area contributed by atoms with Gasteiger partial charge in [-0.3, -0.25) is 9.78 Å². The number of benzene rings is 1. The van der Waals surface area contributed by atoms with Gasteiger partial charge in [0.15, 0.2) is 0 Å². The number of amides is 1. The highest BCUT2D eigenvalue weighted by Crippen LogP contribution is 2.27. The lowest BCUT2D eigenvalue weighted by atomic mass is 10.0. The maximum atomic E-state index is 12.2. The van der Waals surface area contributed by atoms with Crippen LogP contribution in [0.5, 0.6) is 0 Å². The smallest absolute Gasteiger partial charge is 0.224 e. The molecule has 0 fully saturated rings. The lowest BCUT2D eigenvalue weighted by Gasteiger charge is -2.25. The number of methoxy groups -OCH3 is 1. The molecule has 0 bridgehead atoms. The van der Waals surface area contributed by atoms with Gasteiger partial charge in [0.1, 0.15) is 6.10 Å². The van der Waals surface area contributed by atoms with Crippen molar-refractivity contribution in [3.63, 3.8) is 0 Å². The number of rotatable bonds is 6. The molecule has 0 spiro atoms. The lowest BCUT2D eigenvalue weighted by molar-refractivity contribution is -0.122. The van der Waals surface area contributed by atoms with Gasteiger partial charge >= 0.3 is 0 Å². The van der Waals surface area contributed by atoms with E-state index in [1.54, 1.807) is 13.3 Å². The first kappa shape index (κ1) is 17.4. The standard InChI is InChI=1S/C18H21ClN2O2/c1-12-8-9-14(11-20-12)10-17(22)21-13(2)18(23-3)15-6-4-5-7-16(15)19/h4-9,11,13,18H,10H2,1-3H3,(H,21,22). The molecule has 122 valence electrons. The molecule has 1 aromatic carbocycles. The Morgan fingerprint density at radius 2 is 2.04 bits per heavy atom. The Hall–Kier alpha value is -1.91. The van der Waals surface area contributed by atoms with Gasteiger partial charge in [-0.2, -0.15) is 0 Å². The highest BCUT2D eigenvalue weighted by atomic mass is 35.5. The molecule has 0 aliphatic rings. The van der Waals surface area contributed by atoms with E-state index in [0.717, 1.165) is 16.8 Å². The summed E-state index contributed by atoms with van der Waals surface area (Å²) in [6.45, 7) is 3.82. The van der Waals surface area contributed by atoms with Crippen molar-refractivity contribution < 1.29 is 9.53 Å². The zero-order valence-electron chi connectivity index (χ0n) is 13.5. The van der Waals surface area contributed by atoms with Gasteiger partial charge in [0.2, 0.25) is 5.91 Å². The van der Waals surface area contributed by atoms with Crippen LogP contribution in [0, 0.1) is 6.92 Å². The minimum absolute atomic E-state index is 0.0720. The van der Waals surface area contributed by atoms with E-state index in [9.17, 15) is 4.79 Å². The van der Waals surface area contributed by atoms with Gasteiger partial charge < -0.3 is 10.1 Å². The first-order valence-corrected chi connectivity index (χ1v) is 7.87. The van der Waals surface area contributed by atoms with Crippen LogP contribution in [0.3, 0.4) is 0 Å². The third-order valence-corrected chi connectivity index (χ3v) is 3.99. The first-order chi connectivity index (χ1) is 11.0. The van der Waals surface area contributed by atoms with Gasteiger partial charge in [0.05, 0.1) is 12.5 Å². The Labute approximate surface area is 141 Å². The fraction of sp³-hybridized carbons (Fsp3) is 0.333. The molecular formula is C18H21ClN2O2. The van der Waals surface area contributed by atoms with E-state index < -0.39 is 0 Å². The number of aromatic nitrogens is 1. The molecule has 0 aliphatic heterocycles. The second-order valence-electron chi connectivity index (χ2n) is 5.52. The molecule has 2 unspecified atom stereocenters. The molecule has 0 radical (unpaired) electrons. The van der Waals surface area contributed by atoms with Crippen molar-refractivity contribution >= 4 is 17.5 Å². The van der Waals surface area contributed by atoms with Gasteiger partial charge in [0.25, 0.3) is 0 Å². The van der Waals surface area contributed by atoms with Gasteiger partial charge in [-0.25, -0.2) is 0 Å². The monoisotopic (exact) mass is 332 g/mol. The van der Waals surface area contributed by atoms with Crippen LogP contribution in [-0.4, -0.2) is 24.0 Å². The topological polar surface area (TPSA) is 51.2 Å². The SMILES string of the molecule is COC(c1ccccc1Cl)C(C)NC(=O)Cc1ccc(C)nc1. The third kappa shape index (κ3) is 4.78. The van der Waals surface area contributed by atoms with Gasteiger partial charge in [-0.1, -0.05) is 35.9 Å². The number of aryl methyl sites for hydroxylation is 1. The van der Waals surface area contributed by atoms with Crippen LogP contribution in [-0.2, 0) is 16.0 Å². The maximum absolute atomic E-state index is 12.2. The van der Waals surface area contributed by atoms with Crippen molar-refractivity contribution in [2.45, 2.75) is 32.4 Å². The molecule has 0 saturated heterocycles. The van der Waals surface area contributed by atoms with E-state index in [-0.39, 0.29) is 24.5 Å². The Morgan fingerprint density at radius 1 is 1.30 bits per heavy atom. The van der Waals surface area contributed by atoms with Crippen LogP contribution in [0.15, 0.2) is 42.6 Å². The van der Waals surface area contributed by atoms with Crippen LogP contribution in [0.1, 0.15) is 29.8 Å². The maximum Gasteiger partial charge on any atom is 0.224 e.